The number of hydrogen-bond donors (Lipinski definition) is 1. The molecule has 0 saturated carbocycles. The van der Waals surface area contributed by atoms with Crippen LogP contribution in [0.25, 0.3) is 0 Å². The van der Waals surface area contributed by atoms with Crippen molar-refractivity contribution in [2.24, 2.45) is 0 Å². The Kier molecular flexibility index (Phi) is 5.25. The molecule has 1 rings (SSSR count). The summed E-state index contributed by atoms with van der Waals surface area (Å²) in [5.41, 5.74) is -0.0599. The fraction of sp³-hybridized carbons (Fsp3) is 0.600. The van der Waals surface area contributed by atoms with Gasteiger partial charge in [0, 0.05) is 6.54 Å². The molecule has 0 amide bonds. The Morgan fingerprint density at radius 2 is 2.33 bits per heavy atom. The van der Waals surface area contributed by atoms with E-state index in [1.807, 2.05) is 6.92 Å². The van der Waals surface area contributed by atoms with Crippen LogP contribution in [0.4, 0.5) is 5.69 Å². The van der Waals surface area contributed by atoms with E-state index in [-0.39, 0.29) is 12.2 Å². The first kappa shape index (κ1) is 14.1. The van der Waals surface area contributed by atoms with Gasteiger partial charge in [-0.15, -0.1) is 0 Å². The van der Waals surface area contributed by atoms with Crippen LogP contribution in [0.3, 0.4) is 0 Å². The van der Waals surface area contributed by atoms with E-state index in [0.717, 1.165) is 6.42 Å². The molecule has 0 aliphatic carbocycles. The first-order chi connectivity index (χ1) is 8.52. The molecule has 0 aliphatic heterocycles. The lowest BCUT2D eigenvalue weighted by molar-refractivity contribution is -0.385. The minimum Gasteiger partial charge on any atom is -0.480 e. The summed E-state index contributed by atoms with van der Waals surface area (Å²) in [6.07, 6.45) is 3.37. The van der Waals surface area contributed by atoms with Crippen LogP contribution < -0.4 is 0 Å². The minimum atomic E-state index is -0.880. The van der Waals surface area contributed by atoms with Gasteiger partial charge >= 0.3 is 11.7 Å². The molecule has 8 nitrogen and oxygen atoms in total. The predicted octanol–water partition coefficient (Wildman–Crippen LogP) is 0.588. The number of rotatable bonds is 8. The summed E-state index contributed by atoms with van der Waals surface area (Å²) in [7, 11) is 0. The largest absolute Gasteiger partial charge is 0.480 e. The highest BCUT2D eigenvalue weighted by atomic mass is 16.6. The molecule has 1 aromatic heterocycles. The minimum absolute atomic E-state index is 0.0306. The van der Waals surface area contributed by atoms with Gasteiger partial charge in [0.2, 0.25) is 0 Å². The van der Waals surface area contributed by atoms with Crippen molar-refractivity contribution in [3.63, 3.8) is 0 Å². The van der Waals surface area contributed by atoms with Crippen LogP contribution in [-0.4, -0.2) is 50.3 Å². The molecule has 18 heavy (non-hydrogen) atoms. The van der Waals surface area contributed by atoms with Crippen molar-refractivity contribution in [3.8, 4) is 0 Å². The molecule has 1 N–H and O–H groups in total. The number of nitro groups is 1. The highest BCUT2D eigenvalue weighted by Crippen LogP contribution is 2.07. The van der Waals surface area contributed by atoms with E-state index < -0.39 is 10.9 Å². The van der Waals surface area contributed by atoms with Gasteiger partial charge in [0.15, 0.2) is 0 Å². The molecule has 0 fully saturated rings. The molecule has 100 valence electrons. The lowest BCUT2D eigenvalue weighted by Gasteiger charge is -2.18. The maximum Gasteiger partial charge on any atom is 0.317 e. The number of aliphatic carboxylic acids is 1. The third-order valence-corrected chi connectivity index (χ3v) is 2.37. The molecule has 0 radical (unpaired) electrons. The van der Waals surface area contributed by atoms with Gasteiger partial charge in [0.25, 0.3) is 0 Å². The smallest absolute Gasteiger partial charge is 0.317 e. The van der Waals surface area contributed by atoms with Crippen molar-refractivity contribution in [3.05, 3.63) is 22.5 Å². The first-order valence-electron chi connectivity index (χ1n) is 5.64. The average molecular weight is 256 g/mol. The normalized spacial score (nSPS) is 10.8. The maximum absolute atomic E-state index is 10.6. The summed E-state index contributed by atoms with van der Waals surface area (Å²) in [6, 6.07) is 0. The van der Waals surface area contributed by atoms with Gasteiger partial charge in [0.1, 0.15) is 12.4 Å². The summed E-state index contributed by atoms with van der Waals surface area (Å²) < 4.78 is 1.45. The Balaban J connectivity index is 2.49. The summed E-state index contributed by atoms with van der Waals surface area (Å²) in [6.45, 7) is 3.54. The van der Waals surface area contributed by atoms with Crippen molar-refractivity contribution in [2.45, 2.75) is 19.9 Å². The van der Waals surface area contributed by atoms with Crippen molar-refractivity contribution in [2.75, 3.05) is 19.6 Å². The summed E-state index contributed by atoms with van der Waals surface area (Å²) in [4.78, 5) is 22.4. The number of aromatic nitrogens is 2. The Morgan fingerprint density at radius 3 is 2.83 bits per heavy atom. The van der Waals surface area contributed by atoms with Crippen LogP contribution in [0.15, 0.2) is 12.4 Å². The monoisotopic (exact) mass is 256 g/mol. The van der Waals surface area contributed by atoms with E-state index >= 15 is 0 Å². The van der Waals surface area contributed by atoms with E-state index in [9.17, 15) is 14.9 Å². The molecule has 0 unspecified atom stereocenters. The Labute approximate surface area is 104 Å². The Bertz CT molecular complexity index is 418. The second kappa shape index (κ2) is 6.70. The van der Waals surface area contributed by atoms with Crippen LogP contribution in [0.2, 0.25) is 0 Å². The second-order valence-corrected chi connectivity index (χ2v) is 3.89. The fourth-order valence-corrected chi connectivity index (χ4v) is 1.59. The van der Waals surface area contributed by atoms with Crippen LogP contribution in [0.1, 0.15) is 13.3 Å². The predicted molar refractivity (Wildman–Crippen MR) is 63.2 cm³/mol. The molecule has 0 saturated heterocycles. The van der Waals surface area contributed by atoms with Gasteiger partial charge in [-0.05, 0) is 13.0 Å². The van der Waals surface area contributed by atoms with Crippen molar-refractivity contribution in [1.29, 1.82) is 0 Å². The van der Waals surface area contributed by atoms with Crippen LogP contribution in [0.5, 0.6) is 0 Å². The van der Waals surface area contributed by atoms with E-state index in [1.54, 1.807) is 4.90 Å². The molecule has 0 bridgehead atoms. The molecule has 0 aliphatic rings. The molecule has 8 heteroatoms. The Morgan fingerprint density at radius 1 is 1.61 bits per heavy atom. The molecular formula is C10H16N4O4. The molecule has 0 spiro atoms. The van der Waals surface area contributed by atoms with Gasteiger partial charge in [-0.3, -0.25) is 24.5 Å². The second-order valence-electron chi connectivity index (χ2n) is 3.89. The van der Waals surface area contributed by atoms with Crippen LogP contribution >= 0.6 is 0 Å². The average Bonchev–Trinajstić information content (AvgIpc) is 2.74. The van der Waals surface area contributed by atoms with Crippen molar-refractivity contribution >= 4 is 11.7 Å². The maximum atomic E-state index is 10.6. The van der Waals surface area contributed by atoms with Gasteiger partial charge in [-0.25, -0.2) is 0 Å². The van der Waals surface area contributed by atoms with Crippen LogP contribution in [-0.2, 0) is 11.3 Å². The summed E-state index contributed by atoms with van der Waals surface area (Å²) in [5.74, 6) is -0.880. The number of carbonyl (C=O) groups is 1. The van der Waals surface area contributed by atoms with Crippen LogP contribution in [0, 0.1) is 10.1 Å². The third-order valence-electron chi connectivity index (χ3n) is 2.37. The van der Waals surface area contributed by atoms with E-state index in [2.05, 4.69) is 5.10 Å². The SMILES string of the molecule is CCCN(CCn1cc([N+](=O)[O-])cn1)CC(=O)O. The number of nitrogens with zero attached hydrogens (tertiary/aromatic N) is 4. The van der Waals surface area contributed by atoms with Gasteiger partial charge < -0.3 is 5.11 Å². The number of carboxylic acid groups (broad SMARTS) is 1. The Hall–Kier alpha value is -1.96. The van der Waals surface area contributed by atoms with Gasteiger partial charge in [-0.1, -0.05) is 6.92 Å². The molecular weight excluding hydrogens is 240 g/mol. The standard InChI is InChI=1S/C10H16N4O4/c1-2-3-12(8-10(15)16)4-5-13-7-9(6-11-13)14(17)18/h6-7H,2-5,8H2,1H3,(H,15,16). The fourth-order valence-electron chi connectivity index (χ4n) is 1.59. The lowest BCUT2D eigenvalue weighted by Crippen LogP contribution is -2.33. The summed E-state index contributed by atoms with van der Waals surface area (Å²) in [5, 5.41) is 23.0. The zero-order chi connectivity index (χ0) is 13.5. The molecule has 0 atom stereocenters. The number of hydrogen-bond acceptors (Lipinski definition) is 5. The van der Waals surface area contributed by atoms with Crippen molar-refractivity contribution < 1.29 is 14.8 Å². The number of carboxylic acids is 1. The first-order valence-corrected chi connectivity index (χ1v) is 5.64. The van der Waals surface area contributed by atoms with E-state index in [1.165, 1.54) is 17.1 Å². The third kappa shape index (κ3) is 4.50. The van der Waals surface area contributed by atoms with Crippen molar-refractivity contribution in [1.82, 2.24) is 14.7 Å². The van der Waals surface area contributed by atoms with Gasteiger partial charge in [-0.2, -0.15) is 5.10 Å². The topological polar surface area (TPSA) is 102 Å². The molecule has 1 aromatic rings. The molecule has 1 heterocycles. The summed E-state index contributed by atoms with van der Waals surface area (Å²) >= 11 is 0. The zero-order valence-electron chi connectivity index (χ0n) is 10.2. The highest BCUT2D eigenvalue weighted by molar-refractivity contribution is 5.69. The van der Waals surface area contributed by atoms with Gasteiger partial charge in [0.05, 0.1) is 18.0 Å². The lowest BCUT2D eigenvalue weighted by atomic mass is 10.4. The van der Waals surface area contributed by atoms with E-state index in [0.29, 0.717) is 19.6 Å². The zero-order valence-corrected chi connectivity index (χ0v) is 10.2. The highest BCUT2D eigenvalue weighted by Gasteiger charge is 2.11. The quantitative estimate of drug-likeness (QED) is 0.539. The van der Waals surface area contributed by atoms with E-state index in [4.69, 9.17) is 5.11 Å². The molecule has 0 aromatic carbocycles.